The normalized spacial score (nSPS) is 10.6. The van der Waals surface area contributed by atoms with Gasteiger partial charge in [0.2, 0.25) is 5.91 Å². The Labute approximate surface area is 132 Å². The van der Waals surface area contributed by atoms with E-state index in [0.717, 1.165) is 16.8 Å². The summed E-state index contributed by atoms with van der Waals surface area (Å²) >= 11 is 5.87. The Hall–Kier alpha value is -2.59. The van der Waals surface area contributed by atoms with Gasteiger partial charge in [0.25, 0.3) is 0 Å². The third-order valence-electron chi connectivity index (χ3n) is 3.34. The molecular formula is C17H13ClN2O2. The summed E-state index contributed by atoms with van der Waals surface area (Å²) < 4.78 is 5.35. The fourth-order valence-electron chi connectivity index (χ4n) is 2.26. The number of hydrogen-bond donors (Lipinski definition) is 1. The van der Waals surface area contributed by atoms with Crippen LogP contribution in [0.4, 0.5) is 0 Å². The lowest BCUT2D eigenvalue weighted by molar-refractivity contribution is 0.0999. The van der Waals surface area contributed by atoms with Crippen LogP contribution >= 0.6 is 11.6 Å². The highest BCUT2D eigenvalue weighted by molar-refractivity contribution is 6.30. The van der Waals surface area contributed by atoms with Crippen molar-refractivity contribution in [1.29, 1.82) is 0 Å². The van der Waals surface area contributed by atoms with Gasteiger partial charge in [-0.1, -0.05) is 35.0 Å². The monoisotopic (exact) mass is 312 g/mol. The standard InChI is InChI=1S/C17H13ClN2O2/c18-13-7-5-11(6-8-13)16-10-14(20-22-16)9-12-3-1-2-4-15(12)17(19)21/h1-8,10H,9H2,(H2,19,21). The molecule has 5 heteroatoms. The number of primary amides is 1. The van der Waals surface area contributed by atoms with Crippen molar-refractivity contribution >= 4 is 17.5 Å². The van der Waals surface area contributed by atoms with Crippen molar-refractivity contribution in [3.63, 3.8) is 0 Å². The van der Waals surface area contributed by atoms with E-state index in [-0.39, 0.29) is 0 Å². The Bertz CT molecular complexity index is 810. The van der Waals surface area contributed by atoms with Crippen molar-refractivity contribution in [1.82, 2.24) is 5.16 Å². The van der Waals surface area contributed by atoms with Gasteiger partial charge in [-0.15, -0.1) is 0 Å². The molecule has 2 aromatic carbocycles. The van der Waals surface area contributed by atoms with Crippen LogP contribution in [0.3, 0.4) is 0 Å². The second-order valence-electron chi connectivity index (χ2n) is 4.89. The van der Waals surface area contributed by atoms with E-state index in [1.54, 1.807) is 24.3 Å². The quantitative estimate of drug-likeness (QED) is 0.799. The maximum Gasteiger partial charge on any atom is 0.248 e. The Morgan fingerprint density at radius 2 is 1.86 bits per heavy atom. The molecular weight excluding hydrogens is 300 g/mol. The first-order chi connectivity index (χ1) is 10.6. The van der Waals surface area contributed by atoms with Crippen LogP contribution in [-0.2, 0) is 6.42 Å². The van der Waals surface area contributed by atoms with E-state index >= 15 is 0 Å². The molecule has 0 bridgehead atoms. The first-order valence-corrected chi connectivity index (χ1v) is 7.10. The predicted octanol–water partition coefficient (Wildman–Crippen LogP) is 3.68. The summed E-state index contributed by atoms with van der Waals surface area (Å²) in [6.45, 7) is 0. The molecule has 2 N–H and O–H groups in total. The lowest BCUT2D eigenvalue weighted by Crippen LogP contribution is -2.13. The molecule has 0 unspecified atom stereocenters. The fourth-order valence-corrected chi connectivity index (χ4v) is 2.38. The largest absolute Gasteiger partial charge is 0.366 e. The fraction of sp³-hybridized carbons (Fsp3) is 0.0588. The second-order valence-corrected chi connectivity index (χ2v) is 5.32. The molecule has 0 spiro atoms. The number of nitrogens with two attached hydrogens (primary N) is 1. The van der Waals surface area contributed by atoms with Crippen LogP contribution in [0.25, 0.3) is 11.3 Å². The Balaban J connectivity index is 1.86. The summed E-state index contributed by atoms with van der Waals surface area (Å²) in [5.41, 5.74) is 8.34. The summed E-state index contributed by atoms with van der Waals surface area (Å²) in [5, 5.41) is 4.72. The topological polar surface area (TPSA) is 69.1 Å². The highest BCUT2D eigenvalue weighted by Crippen LogP contribution is 2.23. The molecule has 3 aromatic rings. The van der Waals surface area contributed by atoms with E-state index in [1.807, 2.05) is 30.3 Å². The SMILES string of the molecule is NC(=O)c1ccccc1Cc1cc(-c2ccc(Cl)cc2)on1. The molecule has 4 nitrogen and oxygen atoms in total. The minimum atomic E-state index is -0.447. The van der Waals surface area contributed by atoms with E-state index in [2.05, 4.69) is 5.16 Å². The third-order valence-corrected chi connectivity index (χ3v) is 3.59. The lowest BCUT2D eigenvalue weighted by atomic mass is 10.0. The maximum atomic E-state index is 11.4. The smallest absolute Gasteiger partial charge is 0.248 e. The average Bonchev–Trinajstić information content (AvgIpc) is 2.97. The van der Waals surface area contributed by atoms with Crippen molar-refractivity contribution in [2.45, 2.75) is 6.42 Å². The van der Waals surface area contributed by atoms with Crippen LogP contribution in [0.1, 0.15) is 21.6 Å². The molecule has 0 saturated carbocycles. The number of rotatable bonds is 4. The van der Waals surface area contributed by atoms with Gasteiger partial charge in [0.1, 0.15) is 0 Å². The van der Waals surface area contributed by atoms with Crippen LogP contribution in [0.5, 0.6) is 0 Å². The number of benzene rings is 2. The zero-order chi connectivity index (χ0) is 15.5. The van der Waals surface area contributed by atoms with Crippen LogP contribution in [0, 0.1) is 0 Å². The van der Waals surface area contributed by atoms with E-state index in [9.17, 15) is 4.79 Å². The second kappa shape index (κ2) is 6.03. The van der Waals surface area contributed by atoms with E-state index < -0.39 is 5.91 Å². The van der Waals surface area contributed by atoms with E-state index in [4.69, 9.17) is 21.9 Å². The molecule has 22 heavy (non-hydrogen) atoms. The first kappa shape index (κ1) is 14.4. The minimum absolute atomic E-state index is 0.447. The molecule has 1 aromatic heterocycles. The van der Waals surface area contributed by atoms with Crippen LogP contribution < -0.4 is 5.73 Å². The number of aromatic nitrogens is 1. The summed E-state index contributed by atoms with van der Waals surface area (Å²) in [6.07, 6.45) is 0.482. The van der Waals surface area contributed by atoms with Gasteiger partial charge < -0.3 is 10.3 Å². The van der Waals surface area contributed by atoms with Gasteiger partial charge in [-0.05, 0) is 35.9 Å². The zero-order valence-corrected chi connectivity index (χ0v) is 12.4. The lowest BCUT2D eigenvalue weighted by Gasteiger charge is -2.03. The third kappa shape index (κ3) is 3.02. The molecule has 0 fully saturated rings. The van der Waals surface area contributed by atoms with Crippen molar-refractivity contribution in [3.8, 4) is 11.3 Å². The van der Waals surface area contributed by atoms with Crippen molar-refractivity contribution in [3.05, 3.63) is 76.4 Å². The molecule has 3 rings (SSSR count). The molecule has 0 aliphatic heterocycles. The minimum Gasteiger partial charge on any atom is -0.366 e. The number of halogens is 1. The van der Waals surface area contributed by atoms with Crippen molar-refractivity contribution in [2.75, 3.05) is 0 Å². The zero-order valence-electron chi connectivity index (χ0n) is 11.6. The summed E-state index contributed by atoms with van der Waals surface area (Å²) in [5.74, 6) is 0.209. The van der Waals surface area contributed by atoms with Gasteiger partial charge in [-0.25, -0.2) is 0 Å². The maximum absolute atomic E-state index is 11.4. The molecule has 0 saturated heterocycles. The van der Waals surface area contributed by atoms with Crippen molar-refractivity contribution in [2.24, 2.45) is 5.73 Å². The van der Waals surface area contributed by atoms with Crippen molar-refractivity contribution < 1.29 is 9.32 Å². The summed E-state index contributed by atoms with van der Waals surface area (Å²) in [7, 11) is 0. The molecule has 0 atom stereocenters. The number of carbonyl (C=O) groups is 1. The molecule has 0 radical (unpaired) electrons. The van der Waals surface area contributed by atoms with Gasteiger partial charge in [0.05, 0.1) is 5.69 Å². The number of carbonyl (C=O) groups excluding carboxylic acids is 1. The Kier molecular flexibility index (Phi) is 3.94. The van der Waals surface area contributed by atoms with Gasteiger partial charge in [-0.2, -0.15) is 0 Å². The molecule has 110 valence electrons. The van der Waals surface area contributed by atoms with Crippen LogP contribution in [-0.4, -0.2) is 11.1 Å². The molecule has 0 aliphatic carbocycles. The van der Waals surface area contributed by atoms with E-state index in [0.29, 0.717) is 22.8 Å². The average molecular weight is 313 g/mol. The Morgan fingerprint density at radius 3 is 2.59 bits per heavy atom. The first-order valence-electron chi connectivity index (χ1n) is 6.73. The predicted molar refractivity (Wildman–Crippen MR) is 84.7 cm³/mol. The molecule has 1 heterocycles. The summed E-state index contributed by atoms with van der Waals surface area (Å²) in [6, 6.07) is 16.4. The van der Waals surface area contributed by atoms with Crippen LogP contribution in [0.15, 0.2) is 59.1 Å². The number of amides is 1. The van der Waals surface area contributed by atoms with Crippen LogP contribution in [0.2, 0.25) is 5.02 Å². The van der Waals surface area contributed by atoms with Gasteiger partial charge in [0.15, 0.2) is 5.76 Å². The highest BCUT2D eigenvalue weighted by Gasteiger charge is 2.11. The number of nitrogens with zero attached hydrogens (tertiary/aromatic N) is 1. The molecule has 0 aliphatic rings. The number of hydrogen-bond acceptors (Lipinski definition) is 3. The highest BCUT2D eigenvalue weighted by atomic mass is 35.5. The Morgan fingerprint density at radius 1 is 1.14 bits per heavy atom. The summed E-state index contributed by atoms with van der Waals surface area (Å²) in [4.78, 5) is 11.4. The van der Waals surface area contributed by atoms with E-state index in [1.165, 1.54) is 0 Å². The van der Waals surface area contributed by atoms with Gasteiger partial charge in [0, 0.05) is 28.6 Å². The van der Waals surface area contributed by atoms with Gasteiger partial charge >= 0.3 is 0 Å². The van der Waals surface area contributed by atoms with Gasteiger partial charge in [-0.3, -0.25) is 4.79 Å². The molecule has 1 amide bonds.